The predicted molar refractivity (Wildman–Crippen MR) is 43.3 cm³/mol. The van der Waals surface area contributed by atoms with Crippen LogP contribution in [0.15, 0.2) is 18.3 Å². The molecule has 2 radical (unpaired) electrons. The summed E-state index contributed by atoms with van der Waals surface area (Å²) in [4.78, 5) is 4.01. The van der Waals surface area contributed by atoms with Gasteiger partial charge in [-0.05, 0) is 18.9 Å². The Morgan fingerprint density at radius 1 is 1.45 bits per heavy atom. The summed E-state index contributed by atoms with van der Waals surface area (Å²) in [6.45, 7) is 0. The van der Waals surface area contributed by atoms with Crippen LogP contribution in [-0.4, -0.2) is 18.9 Å². The standard InChI is InChI=1S/C8H8BNO/c9-6-1-4-8(10-5-6)11-7-2-3-7/h1,4-5,7H,2-3H2. The second-order valence-corrected chi connectivity index (χ2v) is 2.75. The number of hydrogen-bond acceptors (Lipinski definition) is 2. The highest BCUT2D eigenvalue weighted by Crippen LogP contribution is 2.24. The van der Waals surface area contributed by atoms with Gasteiger partial charge in [0.05, 0.1) is 0 Å². The average molecular weight is 145 g/mol. The molecule has 0 atom stereocenters. The van der Waals surface area contributed by atoms with Gasteiger partial charge in [0.15, 0.2) is 0 Å². The minimum Gasteiger partial charge on any atom is -0.474 e. The molecular weight excluding hydrogens is 137 g/mol. The molecular formula is C8H8BNO. The summed E-state index contributed by atoms with van der Waals surface area (Å²) in [5, 5.41) is 0. The minimum atomic E-state index is 0.408. The molecule has 1 heterocycles. The van der Waals surface area contributed by atoms with Crippen LogP contribution < -0.4 is 10.2 Å². The zero-order valence-electron chi connectivity index (χ0n) is 6.16. The van der Waals surface area contributed by atoms with Crippen molar-refractivity contribution in [3.05, 3.63) is 18.3 Å². The zero-order valence-corrected chi connectivity index (χ0v) is 6.16. The van der Waals surface area contributed by atoms with Gasteiger partial charge in [-0.15, -0.1) is 0 Å². The smallest absolute Gasteiger partial charge is 0.213 e. The monoisotopic (exact) mass is 145 g/mol. The third-order valence-electron chi connectivity index (χ3n) is 1.57. The normalized spacial score (nSPS) is 16.4. The van der Waals surface area contributed by atoms with Crippen molar-refractivity contribution in [3.8, 4) is 5.88 Å². The van der Waals surface area contributed by atoms with Crippen LogP contribution in [0, 0.1) is 0 Å². The summed E-state index contributed by atoms with van der Waals surface area (Å²) in [7, 11) is 5.46. The molecule has 3 heteroatoms. The van der Waals surface area contributed by atoms with Crippen LogP contribution in [0.25, 0.3) is 0 Å². The third-order valence-corrected chi connectivity index (χ3v) is 1.57. The predicted octanol–water partition coefficient (Wildman–Crippen LogP) is 0.417. The maximum atomic E-state index is 5.46. The zero-order chi connectivity index (χ0) is 7.68. The maximum Gasteiger partial charge on any atom is 0.213 e. The van der Waals surface area contributed by atoms with E-state index in [1.165, 1.54) is 0 Å². The quantitative estimate of drug-likeness (QED) is 0.562. The van der Waals surface area contributed by atoms with Crippen molar-refractivity contribution in [1.82, 2.24) is 4.98 Å². The highest BCUT2D eigenvalue weighted by atomic mass is 16.5. The van der Waals surface area contributed by atoms with Crippen molar-refractivity contribution in [2.75, 3.05) is 0 Å². The van der Waals surface area contributed by atoms with Crippen LogP contribution in [-0.2, 0) is 0 Å². The van der Waals surface area contributed by atoms with Crippen LogP contribution in [0.4, 0.5) is 0 Å². The Morgan fingerprint density at radius 2 is 2.27 bits per heavy atom. The van der Waals surface area contributed by atoms with E-state index in [1.54, 1.807) is 18.3 Å². The average Bonchev–Trinajstić information content (AvgIpc) is 2.78. The van der Waals surface area contributed by atoms with Crippen molar-refractivity contribution in [1.29, 1.82) is 0 Å². The molecule has 0 N–H and O–H groups in total. The Labute approximate surface area is 67.0 Å². The summed E-state index contributed by atoms with van der Waals surface area (Å²) < 4.78 is 5.41. The first-order valence-corrected chi connectivity index (χ1v) is 3.73. The topological polar surface area (TPSA) is 22.1 Å². The van der Waals surface area contributed by atoms with Gasteiger partial charge in [0.1, 0.15) is 14.0 Å². The summed E-state index contributed by atoms with van der Waals surface area (Å²) in [6.07, 6.45) is 4.33. The molecule has 11 heavy (non-hydrogen) atoms. The Morgan fingerprint density at radius 3 is 2.82 bits per heavy atom. The number of pyridine rings is 1. The third kappa shape index (κ3) is 1.73. The first kappa shape index (κ1) is 6.71. The van der Waals surface area contributed by atoms with Crippen LogP contribution in [0.3, 0.4) is 0 Å². The van der Waals surface area contributed by atoms with Crippen LogP contribution in [0.1, 0.15) is 12.8 Å². The van der Waals surface area contributed by atoms with E-state index in [0.29, 0.717) is 17.4 Å². The van der Waals surface area contributed by atoms with Crippen LogP contribution in [0.5, 0.6) is 5.88 Å². The Bertz CT molecular complexity index is 243. The number of ether oxygens (including phenoxy) is 1. The van der Waals surface area contributed by atoms with Gasteiger partial charge < -0.3 is 4.74 Å². The molecule has 0 unspecified atom stereocenters. The van der Waals surface area contributed by atoms with Crippen molar-refractivity contribution >= 4 is 13.3 Å². The van der Waals surface area contributed by atoms with E-state index in [4.69, 9.17) is 12.6 Å². The fraction of sp³-hybridized carbons (Fsp3) is 0.375. The van der Waals surface area contributed by atoms with Gasteiger partial charge in [0.2, 0.25) is 5.88 Å². The van der Waals surface area contributed by atoms with Gasteiger partial charge in [-0.3, -0.25) is 0 Å². The Hall–Kier alpha value is -0.985. The van der Waals surface area contributed by atoms with Gasteiger partial charge in [0, 0.05) is 6.20 Å². The number of hydrogen-bond donors (Lipinski definition) is 0. The molecule has 1 saturated carbocycles. The lowest BCUT2D eigenvalue weighted by Crippen LogP contribution is -2.04. The molecule has 0 bridgehead atoms. The molecule has 0 aromatic carbocycles. The SMILES string of the molecule is [B]c1ccc(OC2CC2)nc1. The van der Waals surface area contributed by atoms with Gasteiger partial charge >= 0.3 is 0 Å². The molecule has 2 rings (SSSR count). The molecule has 1 aromatic rings. The lowest BCUT2D eigenvalue weighted by atomic mass is 9.99. The van der Waals surface area contributed by atoms with E-state index in [9.17, 15) is 0 Å². The van der Waals surface area contributed by atoms with E-state index in [-0.39, 0.29) is 0 Å². The van der Waals surface area contributed by atoms with Crippen LogP contribution >= 0.6 is 0 Å². The molecule has 2 nitrogen and oxygen atoms in total. The highest BCUT2D eigenvalue weighted by Gasteiger charge is 2.23. The molecule has 1 aliphatic rings. The van der Waals surface area contributed by atoms with Gasteiger partial charge in [-0.25, -0.2) is 4.98 Å². The molecule has 0 spiro atoms. The molecule has 0 aliphatic heterocycles. The molecule has 1 aromatic heterocycles. The van der Waals surface area contributed by atoms with E-state index < -0.39 is 0 Å². The van der Waals surface area contributed by atoms with Gasteiger partial charge in [-0.2, -0.15) is 0 Å². The number of aromatic nitrogens is 1. The summed E-state index contributed by atoms with van der Waals surface area (Å²) >= 11 is 0. The summed E-state index contributed by atoms with van der Waals surface area (Å²) in [5.74, 6) is 0.682. The minimum absolute atomic E-state index is 0.408. The van der Waals surface area contributed by atoms with E-state index in [2.05, 4.69) is 4.98 Å². The van der Waals surface area contributed by atoms with Crippen molar-refractivity contribution in [2.45, 2.75) is 18.9 Å². The van der Waals surface area contributed by atoms with E-state index in [0.717, 1.165) is 12.8 Å². The fourth-order valence-electron chi connectivity index (χ4n) is 0.818. The fourth-order valence-corrected chi connectivity index (χ4v) is 0.818. The van der Waals surface area contributed by atoms with Crippen molar-refractivity contribution in [3.63, 3.8) is 0 Å². The second kappa shape index (κ2) is 2.57. The van der Waals surface area contributed by atoms with Crippen molar-refractivity contribution in [2.24, 2.45) is 0 Å². The molecule has 0 saturated heterocycles. The largest absolute Gasteiger partial charge is 0.474 e. The first-order valence-electron chi connectivity index (χ1n) is 3.73. The molecule has 0 amide bonds. The van der Waals surface area contributed by atoms with Gasteiger partial charge in [0.25, 0.3) is 0 Å². The van der Waals surface area contributed by atoms with E-state index in [1.807, 2.05) is 0 Å². The molecule has 54 valence electrons. The van der Waals surface area contributed by atoms with Crippen molar-refractivity contribution < 1.29 is 4.74 Å². The Balaban J connectivity index is 2.06. The maximum absolute atomic E-state index is 5.46. The van der Waals surface area contributed by atoms with E-state index >= 15 is 0 Å². The van der Waals surface area contributed by atoms with Gasteiger partial charge in [-0.1, -0.05) is 11.5 Å². The summed E-state index contributed by atoms with van der Waals surface area (Å²) in [6, 6.07) is 3.60. The summed E-state index contributed by atoms with van der Waals surface area (Å²) in [5.41, 5.74) is 0.674. The first-order chi connectivity index (χ1) is 5.34. The molecule has 1 aliphatic carbocycles. The second-order valence-electron chi connectivity index (χ2n) is 2.75. The highest BCUT2D eigenvalue weighted by molar-refractivity contribution is 6.32. The molecule has 1 fully saturated rings. The van der Waals surface area contributed by atoms with Crippen LogP contribution in [0.2, 0.25) is 0 Å². The number of rotatable bonds is 2. The Kier molecular flexibility index (Phi) is 1.57. The lowest BCUT2D eigenvalue weighted by molar-refractivity contribution is 0.291. The lowest BCUT2D eigenvalue weighted by Gasteiger charge is -2.01. The number of nitrogens with zero attached hydrogens (tertiary/aromatic N) is 1.